The molecule has 3 heterocycles. The first kappa shape index (κ1) is 22.7. The van der Waals surface area contributed by atoms with E-state index < -0.39 is 0 Å². The number of nitrogens with one attached hydrogen (secondary N) is 2. The maximum Gasteiger partial charge on any atom is 0.221 e. The minimum Gasteiger partial charge on any atom is -0.497 e. The number of nitrogens with zero attached hydrogens (tertiary/aromatic N) is 3. The van der Waals surface area contributed by atoms with E-state index in [2.05, 4.69) is 32.5 Å². The smallest absolute Gasteiger partial charge is 0.221 e. The molecule has 3 aromatic rings. The van der Waals surface area contributed by atoms with E-state index in [0.29, 0.717) is 24.3 Å². The summed E-state index contributed by atoms with van der Waals surface area (Å²) in [5.74, 6) is 1.64. The fourth-order valence-corrected chi connectivity index (χ4v) is 5.09. The minimum absolute atomic E-state index is 0.0146. The highest BCUT2D eigenvalue weighted by molar-refractivity contribution is 7.71. The monoisotopic (exact) mass is 471 g/mol. The average molecular weight is 472 g/mol. The zero-order chi connectivity index (χ0) is 22.3. The Labute approximate surface area is 197 Å². The number of thiophene rings is 1. The van der Waals surface area contributed by atoms with E-state index in [0.717, 1.165) is 29.5 Å². The highest BCUT2D eigenvalue weighted by Crippen LogP contribution is 2.26. The molecule has 9 heteroatoms. The molecule has 1 aliphatic heterocycles. The van der Waals surface area contributed by atoms with Gasteiger partial charge in [0.25, 0.3) is 0 Å². The third kappa shape index (κ3) is 5.46. The number of benzene rings is 1. The van der Waals surface area contributed by atoms with E-state index in [4.69, 9.17) is 17.0 Å². The Morgan fingerprint density at radius 2 is 2.03 bits per heavy atom. The van der Waals surface area contributed by atoms with Gasteiger partial charge in [-0.1, -0.05) is 24.6 Å². The molecular formula is C23H29N5O2S2. The molecule has 1 fully saturated rings. The van der Waals surface area contributed by atoms with Gasteiger partial charge in [-0.2, -0.15) is 5.10 Å². The predicted octanol–water partition coefficient (Wildman–Crippen LogP) is 4.41. The van der Waals surface area contributed by atoms with Crippen molar-refractivity contribution in [1.29, 1.82) is 0 Å². The Kier molecular flexibility index (Phi) is 7.72. The molecule has 32 heavy (non-hydrogen) atoms. The van der Waals surface area contributed by atoms with Crippen LogP contribution in [0.25, 0.3) is 10.7 Å². The molecule has 0 aliphatic carbocycles. The number of carbonyl (C=O) groups is 1. The summed E-state index contributed by atoms with van der Waals surface area (Å²) in [6.07, 6.45) is 4.02. The summed E-state index contributed by atoms with van der Waals surface area (Å²) in [6, 6.07) is 12.3. The molecule has 1 atom stereocenters. The molecule has 170 valence electrons. The zero-order valence-corrected chi connectivity index (χ0v) is 19.9. The summed E-state index contributed by atoms with van der Waals surface area (Å²) in [7, 11) is 1.67. The van der Waals surface area contributed by atoms with E-state index in [1.54, 1.807) is 18.4 Å². The SMILES string of the molecule is COc1ccc(C(CNC(=O)CCn2c(-c3cccs3)n[nH]c2=S)N2CCCCC2)cc1. The third-order valence-electron chi connectivity index (χ3n) is 5.89. The van der Waals surface area contributed by atoms with Gasteiger partial charge in [0.05, 0.1) is 18.0 Å². The van der Waals surface area contributed by atoms with Gasteiger partial charge in [0.15, 0.2) is 10.6 Å². The van der Waals surface area contributed by atoms with E-state index in [9.17, 15) is 4.79 Å². The average Bonchev–Trinajstić information content (AvgIpc) is 3.48. The number of hydrogen-bond donors (Lipinski definition) is 2. The molecule has 1 aliphatic rings. The van der Waals surface area contributed by atoms with Gasteiger partial charge in [0, 0.05) is 19.5 Å². The second-order valence-corrected chi connectivity index (χ2v) is 9.26. The van der Waals surface area contributed by atoms with Crippen molar-refractivity contribution in [3.8, 4) is 16.5 Å². The molecule has 1 saturated heterocycles. The van der Waals surface area contributed by atoms with Crippen LogP contribution in [0.1, 0.15) is 37.3 Å². The maximum atomic E-state index is 12.7. The normalized spacial score (nSPS) is 15.4. The number of piperidine rings is 1. The largest absolute Gasteiger partial charge is 0.497 e. The van der Waals surface area contributed by atoms with E-state index in [1.165, 1.54) is 24.8 Å². The fraction of sp³-hybridized carbons (Fsp3) is 0.435. The third-order valence-corrected chi connectivity index (χ3v) is 7.06. The second-order valence-electron chi connectivity index (χ2n) is 7.92. The summed E-state index contributed by atoms with van der Waals surface area (Å²) >= 11 is 6.98. The number of rotatable bonds is 9. The summed E-state index contributed by atoms with van der Waals surface area (Å²) in [5.41, 5.74) is 1.20. The van der Waals surface area contributed by atoms with Crippen molar-refractivity contribution < 1.29 is 9.53 Å². The number of H-pyrrole nitrogens is 1. The maximum absolute atomic E-state index is 12.7. The Hall–Kier alpha value is -2.49. The first-order valence-electron chi connectivity index (χ1n) is 11.0. The first-order valence-corrected chi connectivity index (χ1v) is 12.3. The molecule has 0 radical (unpaired) electrons. The topological polar surface area (TPSA) is 75.2 Å². The quantitative estimate of drug-likeness (QED) is 0.452. The number of carbonyl (C=O) groups excluding carboxylic acids is 1. The lowest BCUT2D eigenvalue weighted by Gasteiger charge is -2.35. The number of amides is 1. The molecule has 1 amide bonds. The van der Waals surface area contributed by atoms with E-state index in [1.807, 2.05) is 34.2 Å². The van der Waals surface area contributed by atoms with Crippen molar-refractivity contribution in [3.05, 3.63) is 52.1 Å². The Bertz CT molecular complexity index is 1050. The number of likely N-dealkylation sites (tertiary alicyclic amines) is 1. The molecule has 1 unspecified atom stereocenters. The van der Waals surface area contributed by atoms with Gasteiger partial charge in [-0.15, -0.1) is 11.3 Å². The van der Waals surface area contributed by atoms with E-state index >= 15 is 0 Å². The van der Waals surface area contributed by atoms with Gasteiger partial charge < -0.3 is 10.1 Å². The highest BCUT2D eigenvalue weighted by atomic mass is 32.1. The number of aromatic amines is 1. The second kappa shape index (κ2) is 10.9. The van der Waals surface area contributed by atoms with Crippen LogP contribution in [0.15, 0.2) is 41.8 Å². The van der Waals surface area contributed by atoms with Crippen molar-refractivity contribution in [1.82, 2.24) is 25.0 Å². The minimum atomic E-state index is 0.0146. The number of hydrogen-bond acceptors (Lipinski definition) is 6. The molecular weight excluding hydrogens is 442 g/mol. The van der Waals surface area contributed by atoms with E-state index in [-0.39, 0.29) is 11.9 Å². The molecule has 0 bridgehead atoms. The van der Waals surface area contributed by atoms with Crippen LogP contribution < -0.4 is 10.1 Å². The lowest BCUT2D eigenvalue weighted by Crippen LogP contribution is -2.40. The summed E-state index contributed by atoms with van der Waals surface area (Å²) in [6.45, 7) is 3.19. The van der Waals surface area contributed by atoms with Gasteiger partial charge in [0.2, 0.25) is 5.91 Å². The van der Waals surface area contributed by atoms with Crippen LogP contribution in [0.2, 0.25) is 0 Å². The zero-order valence-electron chi connectivity index (χ0n) is 18.3. The molecule has 2 aromatic heterocycles. The molecule has 0 spiro atoms. The van der Waals surface area contributed by atoms with Gasteiger partial charge >= 0.3 is 0 Å². The number of aromatic nitrogens is 3. The van der Waals surface area contributed by atoms with Gasteiger partial charge in [-0.3, -0.25) is 19.4 Å². The number of methoxy groups -OCH3 is 1. The van der Waals surface area contributed by atoms with Crippen LogP contribution in [0.3, 0.4) is 0 Å². The summed E-state index contributed by atoms with van der Waals surface area (Å²) in [4.78, 5) is 16.3. The van der Waals surface area contributed by atoms with Gasteiger partial charge in [-0.05, 0) is 67.3 Å². The Balaban J connectivity index is 1.39. The Morgan fingerprint density at radius 3 is 2.72 bits per heavy atom. The van der Waals surface area contributed by atoms with Crippen molar-refractivity contribution in [2.45, 2.75) is 38.3 Å². The van der Waals surface area contributed by atoms with Crippen LogP contribution >= 0.6 is 23.6 Å². The first-order chi connectivity index (χ1) is 15.7. The lowest BCUT2D eigenvalue weighted by molar-refractivity contribution is -0.121. The van der Waals surface area contributed by atoms with Gasteiger partial charge in [-0.25, -0.2) is 0 Å². The van der Waals surface area contributed by atoms with Crippen LogP contribution in [-0.2, 0) is 11.3 Å². The standard InChI is InChI=1S/C23H29N5O2S2/c1-30-18-9-7-17(8-10-18)19(27-12-3-2-4-13-27)16-24-21(29)11-14-28-22(25-26-23(28)31)20-6-5-15-32-20/h5-10,15,19H,2-4,11-14,16H2,1H3,(H,24,29)(H,26,31). The Morgan fingerprint density at radius 1 is 1.25 bits per heavy atom. The molecule has 7 nitrogen and oxygen atoms in total. The lowest BCUT2D eigenvalue weighted by atomic mass is 10.0. The van der Waals surface area contributed by atoms with Crippen molar-refractivity contribution in [3.63, 3.8) is 0 Å². The van der Waals surface area contributed by atoms with Gasteiger partial charge in [0.1, 0.15) is 5.75 Å². The van der Waals surface area contributed by atoms with Crippen LogP contribution in [0.5, 0.6) is 5.75 Å². The van der Waals surface area contributed by atoms with Crippen molar-refractivity contribution >= 4 is 29.5 Å². The molecule has 4 rings (SSSR count). The van der Waals surface area contributed by atoms with Crippen LogP contribution in [-0.4, -0.2) is 52.3 Å². The molecule has 1 aromatic carbocycles. The highest BCUT2D eigenvalue weighted by Gasteiger charge is 2.23. The van der Waals surface area contributed by atoms with Crippen LogP contribution in [0.4, 0.5) is 0 Å². The fourth-order valence-electron chi connectivity index (χ4n) is 4.15. The van der Waals surface area contributed by atoms with Crippen molar-refractivity contribution in [2.75, 3.05) is 26.7 Å². The molecule has 0 saturated carbocycles. The number of ether oxygens (including phenoxy) is 1. The van der Waals surface area contributed by atoms with Crippen molar-refractivity contribution in [2.24, 2.45) is 0 Å². The predicted molar refractivity (Wildman–Crippen MR) is 130 cm³/mol. The van der Waals surface area contributed by atoms with Crippen LogP contribution in [0, 0.1) is 4.77 Å². The summed E-state index contributed by atoms with van der Waals surface area (Å²) < 4.78 is 7.73. The summed E-state index contributed by atoms with van der Waals surface area (Å²) in [5, 5.41) is 12.3. The molecule has 2 N–H and O–H groups in total.